The maximum atomic E-state index is 13.1. The number of rotatable bonds is 10. The number of carbonyl (C=O) groups excluding carboxylic acids is 2. The van der Waals surface area contributed by atoms with E-state index in [4.69, 9.17) is 11.6 Å². The third kappa shape index (κ3) is 7.41. The minimum atomic E-state index is -0.488. The molecule has 0 saturated carbocycles. The molecule has 0 aromatic heterocycles. The van der Waals surface area contributed by atoms with Crippen LogP contribution in [0.3, 0.4) is 0 Å². The second kappa shape index (κ2) is 11.9. The Bertz CT molecular complexity index is 811. The van der Waals surface area contributed by atoms with Gasteiger partial charge in [-0.1, -0.05) is 60.5 Å². The van der Waals surface area contributed by atoms with Gasteiger partial charge in [0.05, 0.1) is 5.75 Å². The molecule has 156 valence electrons. The molecule has 6 heteroatoms. The molecule has 0 heterocycles. The molecule has 2 aromatic carbocycles. The van der Waals surface area contributed by atoms with E-state index in [0.29, 0.717) is 30.3 Å². The Morgan fingerprint density at radius 2 is 1.83 bits per heavy atom. The number of amides is 2. The van der Waals surface area contributed by atoms with Gasteiger partial charge < -0.3 is 10.2 Å². The SMILES string of the molecule is CCNC(=O)[C@H](CC)N(Cc1ccc(Cl)cc1)C(=O)CSCc1cccc(C)c1. The van der Waals surface area contributed by atoms with Crippen molar-refractivity contribution in [3.63, 3.8) is 0 Å². The van der Waals surface area contributed by atoms with Crippen molar-refractivity contribution in [2.75, 3.05) is 12.3 Å². The first kappa shape index (κ1) is 23.3. The third-order valence-corrected chi connectivity index (χ3v) is 5.82. The third-order valence-electron chi connectivity index (χ3n) is 4.58. The fourth-order valence-corrected chi connectivity index (χ4v) is 4.12. The summed E-state index contributed by atoms with van der Waals surface area (Å²) in [7, 11) is 0. The molecule has 0 radical (unpaired) electrons. The van der Waals surface area contributed by atoms with Crippen molar-refractivity contribution >= 4 is 35.2 Å². The van der Waals surface area contributed by atoms with E-state index in [1.807, 2.05) is 32.0 Å². The van der Waals surface area contributed by atoms with E-state index in [1.54, 1.807) is 28.8 Å². The van der Waals surface area contributed by atoms with Crippen LogP contribution in [0.4, 0.5) is 0 Å². The molecule has 0 spiro atoms. The predicted molar refractivity (Wildman–Crippen MR) is 122 cm³/mol. The number of benzene rings is 2. The van der Waals surface area contributed by atoms with Crippen molar-refractivity contribution in [2.45, 2.75) is 45.5 Å². The summed E-state index contributed by atoms with van der Waals surface area (Å²) < 4.78 is 0. The molecule has 1 atom stereocenters. The Morgan fingerprint density at radius 3 is 2.45 bits per heavy atom. The summed E-state index contributed by atoms with van der Waals surface area (Å²) in [5, 5.41) is 3.50. The van der Waals surface area contributed by atoms with Crippen LogP contribution in [0.15, 0.2) is 48.5 Å². The van der Waals surface area contributed by atoms with Gasteiger partial charge in [-0.05, 0) is 43.5 Å². The van der Waals surface area contributed by atoms with Gasteiger partial charge in [-0.3, -0.25) is 9.59 Å². The van der Waals surface area contributed by atoms with Crippen LogP contribution >= 0.6 is 23.4 Å². The van der Waals surface area contributed by atoms with Crippen LogP contribution in [-0.4, -0.2) is 35.1 Å². The summed E-state index contributed by atoms with van der Waals surface area (Å²) in [5.74, 6) is 0.953. The average Bonchev–Trinajstić information content (AvgIpc) is 2.69. The maximum Gasteiger partial charge on any atom is 0.242 e. The molecule has 0 aliphatic carbocycles. The highest BCUT2D eigenvalue weighted by Gasteiger charge is 2.28. The highest BCUT2D eigenvalue weighted by molar-refractivity contribution is 7.99. The van der Waals surface area contributed by atoms with E-state index < -0.39 is 6.04 Å². The maximum absolute atomic E-state index is 13.1. The van der Waals surface area contributed by atoms with Crippen LogP contribution in [-0.2, 0) is 21.9 Å². The van der Waals surface area contributed by atoms with Gasteiger partial charge in [-0.25, -0.2) is 0 Å². The topological polar surface area (TPSA) is 49.4 Å². The van der Waals surface area contributed by atoms with Crippen LogP contribution in [0.2, 0.25) is 5.02 Å². The number of halogens is 1. The van der Waals surface area contributed by atoms with Gasteiger partial charge in [0.2, 0.25) is 11.8 Å². The van der Waals surface area contributed by atoms with Gasteiger partial charge in [0.25, 0.3) is 0 Å². The van der Waals surface area contributed by atoms with E-state index >= 15 is 0 Å². The van der Waals surface area contributed by atoms with Crippen molar-refractivity contribution in [3.05, 3.63) is 70.2 Å². The van der Waals surface area contributed by atoms with E-state index in [2.05, 4.69) is 30.4 Å². The average molecular weight is 433 g/mol. The molecule has 4 nitrogen and oxygen atoms in total. The second-order valence-electron chi connectivity index (χ2n) is 6.95. The van der Waals surface area contributed by atoms with Gasteiger partial charge in [0, 0.05) is 23.9 Å². The first-order valence-corrected chi connectivity index (χ1v) is 11.4. The monoisotopic (exact) mass is 432 g/mol. The van der Waals surface area contributed by atoms with Crippen molar-refractivity contribution in [2.24, 2.45) is 0 Å². The van der Waals surface area contributed by atoms with Gasteiger partial charge in [-0.15, -0.1) is 11.8 Å². The first-order chi connectivity index (χ1) is 13.9. The Kier molecular flexibility index (Phi) is 9.55. The molecule has 0 aliphatic rings. The number of hydrogen-bond acceptors (Lipinski definition) is 3. The lowest BCUT2D eigenvalue weighted by atomic mass is 10.1. The number of hydrogen-bond donors (Lipinski definition) is 1. The van der Waals surface area contributed by atoms with E-state index in [9.17, 15) is 9.59 Å². The van der Waals surface area contributed by atoms with Crippen LogP contribution in [0.5, 0.6) is 0 Å². The minimum absolute atomic E-state index is 0.0318. The lowest BCUT2D eigenvalue weighted by molar-refractivity contribution is -0.139. The number of nitrogens with zero attached hydrogens (tertiary/aromatic N) is 1. The molecule has 2 aromatic rings. The summed E-state index contributed by atoms with van der Waals surface area (Å²) in [6.45, 7) is 6.80. The minimum Gasteiger partial charge on any atom is -0.355 e. The van der Waals surface area contributed by atoms with E-state index in [1.165, 1.54) is 11.1 Å². The summed E-state index contributed by atoms with van der Waals surface area (Å²) in [6, 6.07) is 15.2. The Labute approximate surface area is 183 Å². The zero-order valence-corrected chi connectivity index (χ0v) is 18.9. The summed E-state index contributed by atoms with van der Waals surface area (Å²) >= 11 is 7.56. The van der Waals surface area contributed by atoms with Crippen LogP contribution in [0.1, 0.15) is 37.0 Å². The number of nitrogens with one attached hydrogen (secondary N) is 1. The highest BCUT2D eigenvalue weighted by atomic mass is 35.5. The van der Waals surface area contributed by atoms with Crippen molar-refractivity contribution in [1.29, 1.82) is 0 Å². The first-order valence-electron chi connectivity index (χ1n) is 9.89. The van der Waals surface area contributed by atoms with Crippen molar-refractivity contribution in [3.8, 4) is 0 Å². The van der Waals surface area contributed by atoms with E-state index in [0.717, 1.165) is 11.3 Å². The van der Waals surface area contributed by atoms with E-state index in [-0.39, 0.29) is 11.8 Å². The lowest BCUT2D eigenvalue weighted by Crippen LogP contribution is -2.49. The van der Waals surface area contributed by atoms with Crippen LogP contribution in [0.25, 0.3) is 0 Å². The quantitative estimate of drug-likeness (QED) is 0.585. The molecule has 2 amide bonds. The number of aryl methyl sites for hydroxylation is 1. The lowest BCUT2D eigenvalue weighted by Gasteiger charge is -2.30. The molecule has 1 N–H and O–H groups in total. The normalized spacial score (nSPS) is 11.7. The van der Waals surface area contributed by atoms with Gasteiger partial charge in [0.1, 0.15) is 6.04 Å². The summed E-state index contributed by atoms with van der Waals surface area (Å²) in [6.07, 6.45) is 0.563. The van der Waals surface area contributed by atoms with Crippen LogP contribution < -0.4 is 5.32 Å². The van der Waals surface area contributed by atoms with Gasteiger partial charge >= 0.3 is 0 Å². The standard InChI is InChI=1S/C23H29ClN2O2S/c1-4-21(23(28)25-5-2)26(14-18-9-11-20(24)12-10-18)22(27)16-29-15-19-8-6-7-17(3)13-19/h6-13,21H,4-5,14-16H2,1-3H3,(H,25,28)/t21-/m0/s1. The molecule has 29 heavy (non-hydrogen) atoms. The Morgan fingerprint density at radius 1 is 1.10 bits per heavy atom. The molecule has 0 aliphatic heterocycles. The number of thioether (sulfide) groups is 1. The molecule has 0 bridgehead atoms. The van der Waals surface area contributed by atoms with Crippen molar-refractivity contribution < 1.29 is 9.59 Å². The predicted octanol–water partition coefficient (Wildman–Crippen LogP) is 4.83. The zero-order valence-electron chi connectivity index (χ0n) is 17.3. The highest BCUT2D eigenvalue weighted by Crippen LogP contribution is 2.19. The fourth-order valence-electron chi connectivity index (χ4n) is 3.14. The van der Waals surface area contributed by atoms with Gasteiger partial charge in [0.15, 0.2) is 0 Å². The smallest absolute Gasteiger partial charge is 0.242 e. The molecule has 2 rings (SSSR count). The Balaban J connectivity index is 2.10. The van der Waals surface area contributed by atoms with Crippen LogP contribution in [0, 0.1) is 6.92 Å². The molecule has 0 unspecified atom stereocenters. The fraction of sp³-hybridized carbons (Fsp3) is 0.391. The summed E-state index contributed by atoms with van der Waals surface area (Å²) in [4.78, 5) is 27.3. The molecular weight excluding hydrogens is 404 g/mol. The number of carbonyl (C=O) groups is 2. The second-order valence-corrected chi connectivity index (χ2v) is 8.37. The molecule has 0 saturated heterocycles. The molecule has 0 fully saturated rings. The Hall–Kier alpha value is -1.98. The summed E-state index contributed by atoms with van der Waals surface area (Å²) in [5.41, 5.74) is 3.36. The zero-order chi connectivity index (χ0) is 21.2. The largest absolute Gasteiger partial charge is 0.355 e. The van der Waals surface area contributed by atoms with Crippen molar-refractivity contribution in [1.82, 2.24) is 10.2 Å². The number of likely N-dealkylation sites (N-methyl/N-ethyl adjacent to an activating group) is 1. The van der Waals surface area contributed by atoms with Gasteiger partial charge in [-0.2, -0.15) is 0 Å². The molecular formula is C23H29ClN2O2S.